The van der Waals surface area contributed by atoms with Gasteiger partial charge < -0.3 is 5.32 Å². The van der Waals surface area contributed by atoms with Crippen LogP contribution >= 0.6 is 34.4 Å². The molecule has 30 heavy (non-hydrogen) atoms. The van der Waals surface area contributed by atoms with Crippen LogP contribution in [0.2, 0.25) is 0 Å². The molecule has 0 unspecified atom stereocenters. The molecular formula is C21H20N4O2S3. The van der Waals surface area contributed by atoms with Crippen molar-refractivity contribution in [2.75, 3.05) is 11.1 Å². The Morgan fingerprint density at radius 2 is 1.93 bits per heavy atom. The van der Waals surface area contributed by atoms with E-state index in [1.807, 2.05) is 35.9 Å². The highest BCUT2D eigenvalue weighted by Crippen LogP contribution is 2.26. The van der Waals surface area contributed by atoms with Gasteiger partial charge in [-0.1, -0.05) is 43.0 Å². The van der Waals surface area contributed by atoms with Crippen LogP contribution in [0.5, 0.6) is 0 Å². The molecule has 0 aliphatic rings. The van der Waals surface area contributed by atoms with Crippen molar-refractivity contribution in [1.82, 2.24) is 14.5 Å². The van der Waals surface area contributed by atoms with Gasteiger partial charge in [0.15, 0.2) is 10.3 Å². The fourth-order valence-electron chi connectivity index (χ4n) is 2.97. The number of carbonyl (C=O) groups is 1. The first kappa shape index (κ1) is 20.8. The van der Waals surface area contributed by atoms with Gasteiger partial charge in [0.1, 0.15) is 4.70 Å². The Hall–Kier alpha value is -2.49. The number of carbonyl (C=O) groups excluding carboxylic acids is 1. The number of rotatable bonds is 7. The number of amides is 1. The number of hydrogen-bond acceptors (Lipinski definition) is 7. The molecule has 0 saturated heterocycles. The molecule has 6 nitrogen and oxygen atoms in total. The summed E-state index contributed by atoms with van der Waals surface area (Å²) in [6.45, 7) is 4.53. The van der Waals surface area contributed by atoms with Gasteiger partial charge in [0.05, 0.1) is 17.0 Å². The molecule has 4 rings (SSSR count). The SMILES string of the molecule is CCc1ccc(-c2csc(NC(=O)CSc3nc4ccsc4c(=O)n3CC)n2)cc1. The smallest absolute Gasteiger partial charge is 0.272 e. The summed E-state index contributed by atoms with van der Waals surface area (Å²) >= 11 is 4.05. The molecule has 0 radical (unpaired) electrons. The lowest BCUT2D eigenvalue weighted by atomic mass is 10.1. The third kappa shape index (κ3) is 4.33. The topological polar surface area (TPSA) is 76.9 Å². The maximum Gasteiger partial charge on any atom is 0.272 e. The van der Waals surface area contributed by atoms with Crippen molar-refractivity contribution in [3.05, 3.63) is 57.0 Å². The molecule has 0 spiro atoms. The molecule has 0 aliphatic heterocycles. The van der Waals surface area contributed by atoms with Crippen molar-refractivity contribution >= 4 is 55.7 Å². The predicted molar refractivity (Wildman–Crippen MR) is 126 cm³/mol. The lowest BCUT2D eigenvalue weighted by molar-refractivity contribution is -0.113. The zero-order valence-corrected chi connectivity index (χ0v) is 19.0. The molecule has 0 aliphatic carbocycles. The Labute approximate surface area is 186 Å². The Morgan fingerprint density at radius 1 is 1.13 bits per heavy atom. The standard InChI is InChI=1S/C21H20N4O2S3/c1-3-13-5-7-14(8-6-13)16-11-29-20(22-16)24-17(26)12-30-21-23-15-9-10-28-18(15)19(27)25(21)4-2/h5-11H,3-4,12H2,1-2H3,(H,22,24,26). The summed E-state index contributed by atoms with van der Waals surface area (Å²) in [5, 5.41) is 7.75. The van der Waals surface area contributed by atoms with Crippen LogP contribution in [0.25, 0.3) is 21.5 Å². The monoisotopic (exact) mass is 456 g/mol. The van der Waals surface area contributed by atoms with Crippen LogP contribution in [0, 0.1) is 0 Å². The maximum atomic E-state index is 12.6. The normalized spacial score (nSPS) is 11.1. The van der Waals surface area contributed by atoms with E-state index in [4.69, 9.17) is 0 Å². The molecule has 154 valence electrons. The van der Waals surface area contributed by atoms with E-state index in [-0.39, 0.29) is 17.2 Å². The minimum atomic E-state index is -0.176. The molecule has 9 heteroatoms. The van der Waals surface area contributed by atoms with E-state index < -0.39 is 0 Å². The van der Waals surface area contributed by atoms with Gasteiger partial charge in [-0.25, -0.2) is 9.97 Å². The van der Waals surface area contributed by atoms with Gasteiger partial charge in [-0.05, 0) is 30.4 Å². The molecule has 0 bridgehead atoms. The quantitative estimate of drug-likeness (QED) is 0.316. The number of nitrogens with zero attached hydrogens (tertiary/aromatic N) is 3. The van der Waals surface area contributed by atoms with Gasteiger partial charge in [-0.2, -0.15) is 0 Å². The number of aromatic nitrogens is 3. The summed E-state index contributed by atoms with van der Waals surface area (Å²) in [7, 11) is 0. The summed E-state index contributed by atoms with van der Waals surface area (Å²) in [6, 6.07) is 10.1. The number of hydrogen-bond donors (Lipinski definition) is 1. The van der Waals surface area contributed by atoms with Gasteiger partial charge in [0.25, 0.3) is 5.56 Å². The summed E-state index contributed by atoms with van der Waals surface area (Å²) in [5.41, 5.74) is 3.77. The largest absolute Gasteiger partial charge is 0.301 e. The number of thioether (sulfide) groups is 1. The first-order chi connectivity index (χ1) is 14.6. The fourth-order valence-corrected chi connectivity index (χ4v) is 5.35. The van der Waals surface area contributed by atoms with Crippen LogP contribution in [-0.2, 0) is 17.8 Å². The lowest BCUT2D eigenvalue weighted by Gasteiger charge is -2.09. The van der Waals surface area contributed by atoms with Crippen molar-refractivity contribution in [2.45, 2.75) is 32.0 Å². The first-order valence-electron chi connectivity index (χ1n) is 9.54. The van der Waals surface area contributed by atoms with Crippen LogP contribution < -0.4 is 10.9 Å². The average molecular weight is 457 g/mol. The second-order valence-electron chi connectivity index (χ2n) is 6.50. The summed E-state index contributed by atoms with van der Waals surface area (Å²) in [6.07, 6.45) is 0.996. The fraction of sp³-hybridized carbons (Fsp3) is 0.238. The third-order valence-electron chi connectivity index (χ3n) is 4.59. The Balaban J connectivity index is 1.43. The molecule has 1 aromatic carbocycles. The average Bonchev–Trinajstić information content (AvgIpc) is 3.42. The highest BCUT2D eigenvalue weighted by atomic mass is 32.2. The molecule has 3 heterocycles. The van der Waals surface area contributed by atoms with Gasteiger partial charge in [-0.15, -0.1) is 22.7 Å². The van der Waals surface area contributed by atoms with Crippen LogP contribution in [0.4, 0.5) is 5.13 Å². The number of aryl methyl sites for hydroxylation is 1. The summed E-state index contributed by atoms with van der Waals surface area (Å²) in [4.78, 5) is 34.1. The van der Waals surface area contributed by atoms with Crippen molar-refractivity contribution in [3.8, 4) is 11.3 Å². The van der Waals surface area contributed by atoms with Crippen molar-refractivity contribution in [1.29, 1.82) is 0 Å². The number of fused-ring (bicyclic) bond motifs is 1. The lowest BCUT2D eigenvalue weighted by Crippen LogP contribution is -2.22. The summed E-state index contributed by atoms with van der Waals surface area (Å²) in [5.74, 6) is -0.0214. The second kappa shape index (κ2) is 9.11. The Bertz CT molecular complexity index is 1240. The minimum absolute atomic E-state index is 0.0564. The molecular weight excluding hydrogens is 436 g/mol. The van der Waals surface area contributed by atoms with Gasteiger partial charge >= 0.3 is 0 Å². The van der Waals surface area contributed by atoms with E-state index >= 15 is 0 Å². The van der Waals surface area contributed by atoms with Crippen molar-refractivity contribution in [3.63, 3.8) is 0 Å². The Morgan fingerprint density at radius 3 is 2.67 bits per heavy atom. The maximum absolute atomic E-state index is 12.6. The number of benzene rings is 1. The van der Waals surface area contributed by atoms with E-state index in [1.165, 1.54) is 40.0 Å². The highest BCUT2D eigenvalue weighted by molar-refractivity contribution is 7.99. The minimum Gasteiger partial charge on any atom is -0.301 e. The van der Waals surface area contributed by atoms with E-state index in [0.717, 1.165) is 17.7 Å². The molecule has 0 saturated carbocycles. The van der Waals surface area contributed by atoms with E-state index in [9.17, 15) is 9.59 Å². The third-order valence-corrected chi connectivity index (χ3v) is 7.21. The van der Waals surface area contributed by atoms with E-state index in [2.05, 4.69) is 34.3 Å². The zero-order valence-electron chi connectivity index (χ0n) is 16.5. The van der Waals surface area contributed by atoms with Crippen LogP contribution in [0.3, 0.4) is 0 Å². The number of thiophene rings is 1. The number of anilines is 1. The first-order valence-corrected chi connectivity index (χ1v) is 12.3. The predicted octanol–water partition coefficient (Wildman–Crippen LogP) is 4.89. The molecule has 0 fully saturated rings. The highest BCUT2D eigenvalue weighted by Gasteiger charge is 2.14. The van der Waals surface area contributed by atoms with E-state index in [1.54, 1.807) is 4.57 Å². The number of thiazole rings is 1. The van der Waals surface area contributed by atoms with Crippen LogP contribution in [-0.4, -0.2) is 26.2 Å². The molecule has 0 atom stereocenters. The van der Waals surface area contributed by atoms with Gasteiger partial charge in [0, 0.05) is 17.5 Å². The van der Waals surface area contributed by atoms with Crippen molar-refractivity contribution < 1.29 is 4.79 Å². The van der Waals surface area contributed by atoms with Crippen molar-refractivity contribution in [2.24, 2.45) is 0 Å². The van der Waals surface area contributed by atoms with Gasteiger partial charge in [0.2, 0.25) is 5.91 Å². The van der Waals surface area contributed by atoms with Crippen LogP contribution in [0.1, 0.15) is 19.4 Å². The Kier molecular flexibility index (Phi) is 6.31. The van der Waals surface area contributed by atoms with Gasteiger partial charge in [-0.3, -0.25) is 14.2 Å². The van der Waals surface area contributed by atoms with E-state index in [0.29, 0.717) is 27.0 Å². The second-order valence-corrected chi connectivity index (χ2v) is 9.22. The summed E-state index contributed by atoms with van der Waals surface area (Å²) < 4.78 is 2.26. The molecule has 1 amide bonds. The van der Waals surface area contributed by atoms with Crippen LogP contribution in [0.15, 0.2) is 51.0 Å². The molecule has 3 aromatic heterocycles. The zero-order chi connectivity index (χ0) is 21.1. The molecule has 4 aromatic rings. The number of nitrogens with one attached hydrogen (secondary N) is 1. The molecule has 1 N–H and O–H groups in total.